The van der Waals surface area contributed by atoms with Crippen LogP contribution in [0.3, 0.4) is 0 Å². The number of thioether (sulfide) groups is 1. The molecule has 1 fully saturated rings. The van der Waals surface area contributed by atoms with Crippen molar-refractivity contribution >= 4 is 35.4 Å². The van der Waals surface area contributed by atoms with Crippen LogP contribution in [0.25, 0.3) is 11.1 Å². The standard InChI is InChI=1S/C25H24N4O5S/c1-28-12-20(22(27-28)23(30)29-10-11-35-21(13-29)24(31)32)26-25(33)34-14-19-17-8-4-2-6-15(17)16-7-3-5-9-18(16)19/h2-9,12,19,21H,10-11,13-14H2,1H3,(H,26,33)(H,31,32). The minimum absolute atomic E-state index is 0.0528. The van der Waals surface area contributed by atoms with E-state index in [1.807, 2.05) is 36.4 Å². The van der Waals surface area contributed by atoms with E-state index in [1.165, 1.54) is 27.5 Å². The molecule has 2 aromatic carbocycles. The average molecular weight is 493 g/mol. The summed E-state index contributed by atoms with van der Waals surface area (Å²) in [5.41, 5.74) is 4.76. The van der Waals surface area contributed by atoms with E-state index >= 15 is 0 Å². The molecule has 180 valence electrons. The molecule has 2 aliphatic rings. The first kappa shape index (κ1) is 23.0. The molecule has 1 aliphatic heterocycles. The molecule has 2 heterocycles. The van der Waals surface area contributed by atoms with Gasteiger partial charge in [-0.3, -0.25) is 19.6 Å². The van der Waals surface area contributed by atoms with Crippen molar-refractivity contribution < 1.29 is 24.2 Å². The number of nitrogens with one attached hydrogen (secondary N) is 1. The van der Waals surface area contributed by atoms with Crippen LogP contribution in [-0.2, 0) is 16.6 Å². The SMILES string of the molecule is Cn1cc(NC(=O)OCC2c3ccccc3-c3ccccc32)c(C(=O)N2CCSC(C(=O)O)C2)n1. The van der Waals surface area contributed by atoms with E-state index in [9.17, 15) is 19.5 Å². The molecule has 0 bridgehead atoms. The maximum absolute atomic E-state index is 13.1. The average Bonchev–Trinajstić information content (AvgIpc) is 3.39. The van der Waals surface area contributed by atoms with Gasteiger partial charge in [0.2, 0.25) is 0 Å². The van der Waals surface area contributed by atoms with Gasteiger partial charge in [0, 0.05) is 38.0 Å². The van der Waals surface area contributed by atoms with Crippen molar-refractivity contribution in [3.8, 4) is 11.1 Å². The largest absolute Gasteiger partial charge is 0.480 e. The molecule has 2 N–H and O–H groups in total. The van der Waals surface area contributed by atoms with Gasteiger partial charge < -0.3 is 14.7 Å². The van der Waals surface area contributed by atoms with Crippen molar-refractivity contribution in [3.63, 3.8) is 0 Å². The summed E-state index contributed by atoms with van der Waals surface area (Å²) in [5, 5.41) is 15.5. The lowest BCUT2D eigenvalue weighted by Gasteiger charge is -2.30. The van der Waals surface area contributed by atoms with Gasteiger partial charge in [-0.25, -0.2) is 4.79 Å². The number of aliphatic carboxylic acids is 1. The topological polar surface area (TPSA) is 114 Å². The number of ether oxygens (including phenoxy) is 1. The van der Waals surface area contributed by atoms with Gasteiger partial charge in [0.1, 0.15) is 11.9 Å². The van der Waals surface area contributed by atoms with Crippen molar-refractivity contribution in [2.75, 3.05) is 30.8 Å². The maximum Gasteiger partial charge on any atom is 0.411 e. The van der Waals surface area contributed by atoms with Crippen LogP contribution in [-0.4, -0.2) is 68.5 Å². The number of rotatable bonds is 5. The van der Waals surface area contributed by atoms with Gasteiger partial charge in [-0.2, -0.15) is 5.10 Å². The molecule has 1 aliphatic carbocycles. The fourth-order valence-electron chi connectivity index (χ4n) is 4.62. The highest BCUT2D eigenvalue weighted by Gasteiger charge is 2.32. The van der Waals surface area contributed by atoms with Gasteiger partial charge in [0.15, 0.2) is 5.69 Å². The van der Waals surface area contributed by atoms with Crippen LogP contribution < -0.4 is 5.32 Å². The Morgan fingerprint density at radius 1 is 1.11 bits per heavy atom. The number of carbonyl (C=O) groups excluding carboxylic acids is 2. The number of nitrogens with zero attached hydrogens (tertiary/aromatic N) is 3. The molecule has 1 saturated heterocycles. The summed E-state index contributed by atoms with van der Waals surface area (Å²) in [7, 11) is 1.64. The van der Waals surface area contributed by atoms with Gasteiger partial charge in [0.05, 0.1) is 5.69 Å². The number of amides is 2. The minimum atomic E-state index is -0.953. The quantitative estimate of drug-likeness (QED) is 0.561. The number of carbonyl (C=O) groups is 3. The molecule has 10 heteroatoms. The highest BCUT2D eigenvalue weighted by atomic mass is 32.2. The zero-order valence-electron chi connectivity index (χ0n) is 19.0. The second-order valence-electron chi connectivity index (χ2n) is 8.46. The summed E-state index contributed by atoms with van der Waals surface area (Å²) in [6, 6.07) is 16.1. The minimum Gasteiger partial charge on any atom is -0.480 e. The van der Waals surface area contributed by atoms with E-state index in [2.05, 4.69) is 22.5 Å². The molecule has 0 saturated carbocycles. The molecule has 0 radical (unpaired) electrons. The van der Waals surface area contributed by atoms with Crippen LogP contribution in [0.15, 0.2) is 54.7 Å². The van der Waals surface area contributed by atoms with Crippen LogP contribution in [0.5, 0.6) is 0 Å². The van der Waals surface area contributed by atoms with E-state index in [0.29, 0.717) is 12.3 Å². The van der Waals surface area contributed by atoms with Crippen molar-refractivity contribution in [1.82, 2.24) is 14.7 Å². The lowest BCUT2D eigenvalue weighted by Crippen LogP contribution is -2.45. The number of benzene rings is 2. The number of hydrogen-bond donors (Lipinski definition) is 2. The third kappa shape index (κ3) is 4.49. The molecular weight excluding hydrogens is 468 g/mol. The first-order valence-electron chi connectivity index (χ1n) is 11.2. The van der Waals surface area contributed by atoms with Gasteiger partial charge >= 0.3 is 12.1 Å². The number of carboxylic acids is 1. The monoisotopic (exact) mass is 492 g/mol. The Kier molecular flexibility index (Phi) is 6.21. The van der Waals surface area contributed by atoms with Gasteiger partial charge in [-0.05, 0) is 22.3 Å². The molecule has 9 nitrogen and oxygen atoms in total. The fraction of sp³-hybridized carbons (Fsp3) is 0.280. The van der Waals surface area contributed by atoms with E-state index in [-0.39, 0.29) is 30.5 Å². The molecule has 5 rings (SSSR count). The highest BCUT2D eigenvalue weighted by molar-refractivity contribution is 8.00. The van der Waals surface area contributed by atoms with Crippen molar-refractivity contribution in [2.24, 2.45) is 7.05 Å². The molecule has 1 unspecified atom stereocenters. The highest BCUT2D eigenvalue weighted by Crippen LogP contribution is 2.44. The molecule has 35 heavy (non-hydrogen) atoms. The van der Waals surface area contributed by atoms with Crippen LogP contribution in [0.2, 0.25) is 0 Å². The number of aryl methyl sites for hydroxylation is 1. The Bertz CT molecular complexity index is 1260. The molecule has 1 atom stereocenters. The van der Waals surface area contributed by atoms with Crippen LogP contribution in [0, 0.1) is 0 Å². The van der Waals surface area contributed by atoms with Crippen molar-refractivity contribution in [3.05, 3.63) is 71.5 Å². The Morgan fingerprint density at radius 3 is 2.43 bits per heavy atom. The summed E-state index contributed by atoms with van der Waals surface area (Å²) in [6.07, 6.45) is 0.841. The third-order valence-corrected chi connectivity index (χ3v) is 7.41. The Labute approximate surface area is 206 Å². The Hall–Kier alpha value is -3.79. The first-order valence-corrected chi connectivity index (χ1v) is 12.3. The molecule has 2 amide bonds. The summed E-state index contributed by atoms with van der Waals surface area (Å²) in [6.45, 7) is 0.640. The predicted molar refractivity (Wildman–Crippen MR) is 132 cm³/mol. The molecule has 1 aromatic heterocycles. The smallest absolute Gasteiger partial charge is 0.411 e. The summed E-state index contributed by atoms with van der Waals surface area (Å²) >= 11 is 1.31. The van der Waals surface area contributed by atoms with Gasteiger partial charge in [-0.15, -0.1) is 11.8 Å². The summed E-state index contributed by atoms with van der Waals surface area (Å²) < 4.78 is 7.02. The number of anilines is 1. The van der Waals surface area contributed by atoms with Crippen LogP contribution >= 0.6 is 11.8 Å². The number of fused-ring (bicyclic) bond motifs is 3. The Balaban J connectivity index is 1.28. The van der Waals surface area contributed by atoms with Gasteiger partial charge in [0.25, 0.3) is 5.91 Å². The van der Waals surface area contributed by atoms with E-state index in [0.717, 1.165) is 22.3 Å². The number of hydrogen-bond acceptors (Lipinski definition) is 6. The summed E-state index contributed by atoms with van der Waals surface area (Å²) in [5.74, 6) is -0.941. The van der Waals surface area contributed by atoms with Crippen LogP contribution in [0.4, 0.5) is 10.5 Å². The first-order chi connectivity index (χ1) is 16.9. The zero-order chi connectivity index (χ0) is 24.5. The zero-order valence-corrected chi connectivity index (χ0v) is 19.8. The molecular formula is C25H24N4O5S. The summed E-state index contributed by atoms with van der Waals surface area (Å²) in [4.78, 5) is 38.6. The van der Waals surface area contributed by atoms with Crippen molar-refractivity contribution in [1.29, 1.82) is 0 Å². The second kappa shape index (κ2) is 9.46. The second-order valence-corrected chi connectivity index (χ2v) is 9.78. The normalized spacial score (nSPS) is 16.9. The maximum atomic E-state index is 13.1. The lowest BCUT2D eigenvalue weighted by molar-refractivity contribution is -0.136. The third-order valence-electron chi connectivity index (χ3n) is 6.24. The van der Waals surface area contributed by atoms with Crippen LogP contribution in [0.1, 0.15) is 27.5 Å². The predicted octanol–water partition coefficient (Wildman–Crippen LogP) is 3.42. The van der Waals surface area contributed by atoms with E-state index in [1.54, 1.807) is 7.05 Å². The lowest BCUT2D eigenvalue weighted by atomic mass is 9.98. The van der Waals surface area contributed by atoms with Crippen molar-refractivity contribution in [2.45, 2.75) is 11.2 Å². The fourth-order valence-corrected chi connectivity index (χ4v) is 5.65. The van der Waals surface area contributed by atoms with E-state index < -0.39 is 23.2 Å². The van der Waals surface area contributed by atoms with E-state index in [4.69, 9.17) is 4.74 Å². The molecule has 0 spiro atoms. The number of aromatic nitrogens is 2. The molecule has 3 aromatic rings. The van der Waals surface area contributed by atoms with Gasteiger partial charge in [-0.1, -0.05) is 48.5 Å². The Morgan fingerprint density at radius 2 is 1.77 bits per heavy atom. The number of carboxylic acid groups (broad SMARTS) is 1.